The molecular weight excluding hydrogens is 351 g/mol. The Kier molecular flexibility index (Phi) is 4.58. The predicted molar refractivity (Wildman–Crippen MR) is 86.3 cm³/mol. The molecule has 8 heteroatoms. The maximum Gasteiger partial charge on any atom is 0.419 e. The quantitative estimate of drug-likeness (QED) is 0.815. The van der Waals surface area contributed by atoms with Crippen molar-refractivity contribution in [3.63, 3.8) is 0 Å². The van der Waals surface area contributed by atoms with Crippen LogP contribution in [0.1, 0.15) is 28.8 Å². The fourth-order valence-electron chi connectivity index (χ4n) is 2.37. The topological polar surface area (TPSA) is 75.6 Å². The minimum atomic E-state index is -4.61. The molecule has 2 aromatic rings. The van der Waals surface area contributed by atoms with Gasteiger partial charge >= 0.3 is 12.1 Å². The first kappa shape index (κ1) is 17.8. The van der Waals surface area contributed by atoms with E-state index in [0.717, 1.165) is 31.0 Å². The molecular formula is C18H14F3NO4. The highest BCUT2D eigenvalue weighted by molar-refractivity contribution is 6.02. The zero-order chi connectivity index (χ0) is 18.9. The number of carboxylic acid groups (broad SMARTS) is 1. The van der Waals surface area contributed by atoms with Crippen molar-refractivity contribution in [1.82, 2.24) is 0 Å². The third-order valence-electron chi connectivity index (χ3n) is 3.85. The zero-order valence-corrected chi connectivity index (χ0v) is 13.3. The maximum atomic E-state index is 13.0. The van der Waals surface area contributed by atoms with E-state index in [-0.39, 0.29) is 28.8 Å². The van der Waals surface area contributed by atoms with Crippen molar-refractivity contribution >= 4 is 17.6 Å². The molecule has 1 saturated carbocycles. The second-order valence-electron chi connectivity index (χ2n) is 5.87. The van der Waals surface area contributed by atoms with Gasteiger partial charge in [-0.25, -0.2) is 4.79 Å². The van der Waals surface area contributed by atoms with Gasteiger partial charge in [-0.05, 0) is 43.2 Å². The number of carbonyl (C=O) groups is 2. The molecule has 2 N–H and O–H groups in total. The fraction of sp³-hybridized carbons (Fsp3) is 0.222. The van der Waals surface area contributed by atoms with Gasteiger partial charge in [0.25, 0.3) is 0 Å². The lowest BCUT2D eigenvalue weighted by atomic mass is 10.1. The molecule has 0 unspecified atom stereocenters. The van der Waals surface area contributed by atoms with Gasteiger partial charge in [0.1, 0.15) is 11.5 Å². The van der Waals surface area contributed by atoms with Crippen LogP contribution in [0.4, 0.5) is 18.9 Å². The predicted octanol–water partition coefficient (Wildman–Crippen LogP) is 4.54. The lowest BCUT2D eigenvalue weighted by Gasteiger charge is -2.15. The molecule has 0 bridgehead atoms. The number of alkyl halides is 3. The number of benzene rings is 2. The highest BCUT2D eigenvalue weighted by Crippen LogP contribution is 2.38. The Morgan fingerprint density at radius 3 is 2.42 bits per heavy atom. The smallest absolute Gasteiger partial charge is 0.419 e. The van der Waals surface area contributed by atoms with Gasteiger partial charge < -0.3 is 15.2 Å². The summed E-state index contributed by atoms with van der Waals surface area (Å²) in [5.41, 5.74) is -1.16. The molecule has 1 aliphatic rings. The van der Waals surface area contributed by atoms with Gasteiger partial charge in [-0.2, -0.15) is 13.2 Å². The molecule has 2 aromatic carbocycles. The summed E-state index contributed by atoms with van der Waals surface area (Å²) in [5.74, 6) is -2.24. The Hall–Kier alpha value is -3.03. The Bertz CT molecular complexity index is 860. The number of para-hydroxylation sites is 1. The molecule has 0 aromatic heterocycles. The van der Waals surface area contributed by atoms with Crippen molar-refractivity contribution in [2.24, 2.45) is 5.92 Å². The number of nitrogens with one attached hydrogen (secondary N) is 1. The summed E-state index contributed by atoms with van der Waals surface area (Å²) in [4.78, 5) is 23.3. The number of rotatable bonds is 5. The van der Waals surface area contributed by atoms with Gasteiger partial charge in [-0.1, -0.05) is 12.1 Å². The van der Waals surface area contributed by atoms with Crippen LogP contribution in [0.5, 0.6) is 11.5 Å². The van der Waals surface area contributed by atoms with E-state index >= 15 is 0 Å². The number of halogens is 3. The zero-order valence-electron chi connectivity index (χ0n) is 13.3. The van der Waals surface area contributed by atoms with Crippen molar-refractivity contribution in [3.8, 4) is 11.5 Å². The van der Waals surface area contributed by atoms with E-state index in [1.54, 1.807) is 0 Å². The number of carboxylic acids is 1. The molecule has 136 valence electrons. The van der Waals surface area contributed by atoms with Crippen LogP contribution in [-0.2, 0) is 11.0 Å². The summed E-state index contributed by atoms with van der Waals surface area (Å²) < 4.78 is 44.3. The Morgan fingerprint density at radius 1 is 1.12 bits per heavy atom. The standard InChI is InChI=1S/C18H14F3NO4/c19-18(20,21)13-3-1-2-4-15(13)26-11-7-8-14(12(9-11)17(24)25)22-16(23)10-5-6-10/h1-4,7-10H,5-6H2,(H,22,23)(H,24,25). The summed E-state index contributed by atoms with van der Waals surface area (Å²) in [6.45, 7) is 0. The molecule has 0 atom stereocenters. The van der Waals surface area contributed by atoms with Crippen molar-refractivity contribution in [3.05, 3.63) is 53.6 Å². The number of carbonyl (C=O) groups excluding carboxylic acids is 1. The second-order valence-corrected chi connectivity index (χ2v) is 5.87. The minimum Gasteiger partial charge on any atom is -0.478 e. The van der Waals surface area contributed by atoms with E-state index in [2.05, 4.69) is 5.32 Å². The van der Waals surface area contributed by atoms with Crippen molar-refractivity contribution in [2.45, 2.75) is 19.0 Å². The normalized spacial score (nSPS) is 14.0. The van der Waals surface area contributed by atoms with E-state index in [1.807, 2.05) is 0 Å². The SMILES string of the molecule is O=C(O)c1cc(Oc2ccccc2C(F)(F)F)ccc1NC(=O)C1CC1. The highest BCUT2D eigenvalue weighted by Gasteiger charge is 2.34. The van der Waals surface area contributed by atoms with Gasteiger partial charge in [-0.15, -0.1) is 0 Å². The third-order valence-corrected chi connectivity index (χ3v) is 3.85. The summed E-state index contributed by atoms with van der Waals surface area (Å²) >= 11 is 0. The number of amides is 1. The van der Waals surface area contributed by atoms with Gasteiger partial charge in [0.05, 0.1) is 16.8 Å². The second kappa shape index (κ2) is 6.70. The fourth-order valence-corrected chi connectivity index (χ4v) is 2.37. The van der Waals surface area contributed by atoms with E-state index < -0.39 is 23.5 Å². The Morgan fingerprint density at radius 2 is 1.81 bits per heavy atom. The molecule has 3 rings (SSSR count). The molecule has 1 fully saturated rings. The highest BCUT2D eigenvalue weighted by atomic mass is 19.4. The molecule has 26 heavy (non-hydrogen) atoms. The summed E-state index contributed by atoms with van der Waals surface area (Å²) in [6.07, 6.45) is -3.10. The van der Waals surface area contributed by atoms with E-state index in [1.165, 1.54) is 24.3 Å². The average molecular weight is 365 g/mol. The summed E-state index contributed by atoms with van der Waals surface area (Å²) in [5, 5.41) is 11.8. The van der Waals surface area contributed by atoms with Gasteiger partial charge in [0, 0.05) is 5.92 Å². The molecule has 0 heterocycles. The van der Waals surface area contributed by atoms with E-state index in [9.17, 15) is 27.9 Å². The summed E-state index contributed by atoms with van der Waals surface area (Å²) in [6, 6.07) is 8.32. The first-order valence-corrected chi connectivity index (χ1v) is 7.78. The van der Waals surface area contributed by atoms with Crippen LogP contribution < -0.4 is 10.1 Å². The third kappa shape index (κ3) is 3.96. The number of anilines is 1. The molecule has 1 amide bonds. The van der Waals surface area contributed by atoms with Crippen LogP contribution in [0.15, 0.2) is 42.5 Å². The van der Waals surface area contributed by atoms with Crippen LogP contribution in [0.3, 0.4) is 0 Å². The number of hydrogen-bond donors (Lipinski definition) is 2. The molecule has 0 saturated heterocycles. The van der Waals surface area contributed by atoms with Crippen LogP contribution in [-0.4, -0.2) is 17.0 Å². The molecule has 0 spiro atoms. The maximum absolute atomic E-state index is 13.0. The van der Waals surface area contributed by atoms with Crippen molar-refractivity contribution in [1.29, 1.82) is 0 Å². The van der Waals surface area contributed by atoms with Crippen molar-refractivity contribution in [2.75, 3.05) is 5.32 Å². The van der Waals surface area contributed by atoms with Crippen LogP contribution >= 0.6 is 0 Å². The van der Waals surface area contributed by atoms with Gasteiger partial charge in [0.15, 0.2) is 0 Å². The lowest BCUT2D eigenvalue weighted by Crippen LogP contribution is -2.16. The largest absolute Gasteiger partial charge is 0.478 e. The first-order valence-electron chi connectivity index (χ1n) is 7.78. The van der Waals surface area contributed by atoms with Gasteiger partial charge in [-0.3, -0.25) is 4.79 Å². The molecule has 1 aliphatic carbocycles. The van der Waals surface area contributed by atoms with E-state index in [4.69, 9.17) is 4.74 Å². The monoisotopic (exact) mass is 365 g/mol. The lowest BCUT2D eigenvalue weighted by molar-refractivity contribution is -0.138. The minimum absolute atomic E-state index is 0.0749. The first-order chi connectivity index (χ1) is 12.3. The Labute approximate surface area is 146 Å². The van der Waals surface area contributed by atoms with E-state index in [0.29, 0.717) is 0 Å². The molecule has 5 nitrogen and oxygen atoms in total. The number of aromatic carboxylic acids is 1. The van der Waals surface area contributed by atoms with Gasteiger partial charge in [0.2, 0.25) is 5.91 Å². The Balaban J connectivity index is 1.89. The number of hydrogen-bond acceptors (Lipinski definition) is 3. The van der Waals surface area contributed by atoms with Crippen LogP contribution in [0, 0.1) is 5.92 Å². The summed E-state index contributed by atoms with van der Waals surface area (Å²) in [7, 11) is 0. The molecule has 0 radical (unpaired) electrons. The van der Waals surface area contributed by atoms with Crippen LogP contribution in [0.25, 0.3) is 0 Å². The van der Waals surface area contributed by atoms with Crippen molar-refractivity contribution < 1.29 is 32.6 Å². The number of ether oxygens (including phenoxy) is 1. The van der Waals surface area contributed by atoms with Crippen LogP contribution in [0.2, 0.25) is 0 Å². The molecule has 0 aliphatic heterocycles. The average Bonchev–Trinajstić information content (AvgIpc) is 3.40.